The summed E-state index contributed by atoms with van der Waals surface area (Å²) < 4.78 is 14.8. The standard InChI is InChI=1S/C10H12FN5/c1-16-7-14-9(15-16)4-6-13-10-8(11)3-2-5-12-10/h2-3,5,7H,4,6H2,1H3,(H,12,13). The number of hydrogen-bond donors (Lipinski definition) is 1. The van der Waals surface area contributed by atoms with Crippen LogP contribution in [-0.2, 0) is 13.5 Å². The number of rotatable bonds is 4. The molecule has 2 aromatic heterocycles. The Hall–Kier alpha value is -1.98. The Balaban J connectivity index is 1.87. The van der Waals surface area contributed by atoms with Gasteiger partial charge >= 0.3 is 0 Å². The molecular weight excluding hydrogens is 209 g/mol. The van der Waals surface area contributed by atoms with Crippen LogP contribution < -0.4 is 5.32 Å². The minimum atomic E-state index is -0.350. The molecule has 0 amide bonds. The minimum absolute atomic E-state index is 0.262. The first-order valence-corrected chi connectivity index (χ1v) is 4.94. The first kappa shape index (κ1) is 10.5. The van der Waals surface area contributed by atoms with Crippen LogP contribution in [0.4, 0.5) is 10.2 Å². The van der Waals surface area contributed by atoms with Crippen molar-refractivity contribution < 1.29 is 4.39 Å². The van der Waals surface area contributed by atoms with Crippen LogP contribution in [0.15, 0.2) is 24.7 Å². The Morgan fingerprint density at radius 3 is 3.00 bits per heavy atom. The summed E-state index contributed by atoms with van der Waals surface area (Å²) in [6, 6.07) is 2.93. The van der Waals surface area contributed by atoms with Crippen molar-refractivity contribution in [3.63, 3.8) is 0 Å². The predicted molar refractivity (Wildman–Crippen MR) is 57.4 cm³/mol. The highest BCUT2D eigenvalue weighted by atomic mass is 19.1. The molecule has 0 atom stereocenters. The number of aromatic nitrogens is 4. The summed E-state index contributed by atoms with van der Waals surface area (Å²) in [6.07, 6.45) is 3.82. The van der Waals surface area contributed by atoms with Crippen molar-refractivity contribution in [3.8, 4) is 0 Å². The van der Waals surface area contributed by atoms with Crippen molar-refractivity contribution in [3.05, 3.63) is 36.3 Å². The Labute approximate surface area is 92.3 Å². The van der Waals surface area contributed by atoms with Crippen molar-refractivity contribution in [2.75, 3.05) is 11.9 Å². The summed E-state index contributed by atoms with van der Waals surface area (Å²) in [5, 5.41) is 7.01. The third-order valence-electron chi connectivity index (χ3n) is 2.05. The predicted octanol–water partition coefficient (Wildman–Crippen LogP) is 1.00. The van der Waals surface area contributed by atoms with Gasteiger partial charge in [-0.05, 0) is 12.1 Å². The highest BCUT2D eigenvalue weighted by molar-refractivity contribution is 5.35. The van der Waals surface area contributed by atoms with Gasteiger partial charge in [0.05, 0.1) is 0 Å². The first-order chi connectivity index (χ1) is 7.75. The van der Waals surface area contributed by atoms with Gasteiger partial charge in [-0.15, -0.1) is 0 Å². The average molecular weight is 221 g/mol. The summed E-state index contributed by atoms with van der Waals surface area (Å²) in [4.78, 5) is 7.95. The summed E-state index contributed by atoms with van der Waals surface area (Å²) in [5.41, 5.74) is 0. The maximum Gasteiger partial charge on any atom is 0.165 e. The summed E-state index contributed by atoms with van der Waals surface area (Å²) in [6.45, 7) is 0.554. The van der Waals surface area contributed by atoms with Gasteiger partial charge in [-0.2, -0.15) is 5.10 Å². The Morgan fingerprint density at radius 1 is 1.44 bits per heavy atom. The topological polar surface area (TPSA) is 55.6 Å². The molecule has 0 saturated carbocycles. The fourth-order valence-corrected chi connectivity index (χ4v) is 1.31. The molecular formula is C10H12FN5. The van der Waals surface area contributed by atoms with Gasteiger partial charge < -0.3 is 5.32 Å². The van der Waals surface area contributed by atoms with Crippen LogP contribution in [0, 0.1) is 5.82 Å². The average Bonchev–Trinajstić information content (AvgIpc) is 2.67. The van der Waals surface area contributed by atoms with Crippen LogP contribution >= 0.6 is 0 Å². The number of hydrogen-bond acceptors (Lipinski definition) is 4. The van der Waals surface area contributed by atoms with E-state index in [1.807, 2.05) is 7.05 Å². The molecule has 0 bridgehead atoms. The monoisotopic (exact) mass is 221 g/mol. The van der Waals surface area contributed by atoms with Crippen molar-refractivity contribution >= 4 is 5.82 Å². The van der Waals surface area contributed by atoms with E-state index >= 15 is 0 Å². The quantitative estimate of drug-likeness (QED) is 0.837. The smallest absolute Gasteiger partial charge is 0.165 e. The number of pyridine rings is 1. The maximum absolute atomic E-state index is 13.2. The second kappa shape index (κ2) is 4.69. The summed E-state index contributed by atoms with van der Waals surface area (Å²) >= 11 is 0. The van der Waals surface area contributed by atoms with Crippen molar-refractivity contribution in [1.82, 2.24) is 19.7 Å². The van der Waals surface area contributed by atoms with Gasteiger partial charge in [-0.1, -0.05) is 0 Å². The molecule has 0 radical (unpaired) electrons. The minimum Gasteiger partial charge on any atom is -0.367 e. The molecule has 0 unspecified atom stereocenters. The Kier molecular flexibility index (Phi) is 3.09. The van der Waals surface area contributed by atoms with E-state index in [1.165, 1.54) is 6.07 Å². The third-order valence-corrected chi connectivity index (χ3v) is 2.05. The highest BCUT2D eigenvalue weighted by Crippen LogP contribution is 2.07. The number of anilines is 1. The lowest BCUT2D eigenvalue weighted by molar-refractivity contribution is 0.624. The SMILES string of the molecule is Cn1cnc(CCNc2ncccc2F)n1. The Bertz CT molecular complexity index is 468. The van der Waals surface area contributed by atoms with Crippen LogP contribution in [0.25, 0.3) is 0 Å². The lowest BCUT2D eigenvalue weighted by Crippen LogP contribution is -2.08. The normalized spacial score (nSPS) is 10.4. The number of aryl methyl sites for hydroxylation is 1. The van der Waals surface area contributed by atoms with Gasteiger partial charge in [-0.3, -0.25) is 4.68 Å². The van der Waals surface area contributed by atoms with Crippen LogP contribution in [0.5, 0.6) is 0 Å². The largest absolute Gasteiger partial charge is 0.367 e. The van der Waals surface area contributed by atoms with Gasteiger partial charge in [0.2, 0.25) is 0 Å². The zero-order valence-electron chi connectivity index (χ0n) is 8.89. The van der Waals surface area contributed by atoms with Gasteiger partial charge in [0, 0.05) is 26.2 Å². The van der Waals surface area contributed by atoms with Crippen molar-refractivity contribution in [2.45, 2.75) is 6.42 Å². The van der Waals surface area contributed by atoms with E-state index in [9.17, 15) is 4.39 Å². The van der Waals surface area contributed by atoms with Crippen LogP contribution in [-0.4, -0.2) is 26.3 Å². The van der Waals surface area contributed by atoms with Gasteiger partial charge in [0.25, 0.3) is 0 Å². The molecule has 16 heavy (non-hydrogen) atoms. The number of nitrogens with one attached hydrogen (secondary N) is 1. The molecule has 0 aromatic carbocycles. The van der Waals surface area contributed by atoms with Crippen molar-refractivity contribution in [1.29, 1.82) is 0 Å². The first-order valence-electron chi connectivity index (χ1n) is 4.94. The molecule has 2 rings (SSSR count). The molecule has 0 saturated heterocycles. The molecule has 5 nitrogen and oxygen atoms in total. The fourth-order valence-electron chi connectivity index (χ4n) is 1.31. The molecule has 2 heterocycles. The second-order valence-corrected chi connectivity index (χ2v) is 3.35. The van der Waals surface area contributed by atoms with Gasteiger partial charge in [0.15, 0.2) is 17.5 Å². The Morgan fingerprint density at radius 2 is 2.31 bits per heavy atom. The molecule has 84 valence electrons. The summed E-state index contributed by atoms with van der Waals surface area (Å²) in [5.74, 6) is 0.640. The molecule has 0 aliphatic rings. The van der Waals surface area contributed by atoms with E-state index in [2.05, 4.69) is 20.4 Å². The zero-order valence-corrected chi connectivity index (χ0v) is 8.89. The third kappa shape index (κ3) is 2.53. The second-order valence-electron chi connectivity index (χ2n) is 3.35. The number of nitrogens with zero attached hydrogens (tertiary/aromatic N) is 4. The van der Waals surface area contributed by atoms with Crippen LogP contribution in [0.3, 0.4) is 0 Å². The molecule has 0 aliphatic heterocycles. The van der Waals surface area contributed by atoms with E-state index < -0.39 is 0 Å². The highest BCUT2D eigenvalue weighted by Gasteiger charge is 2.02. The lowest BCUT2D eigenvalue weighted by atomic mass is 10.4. The molecule has 0 fully saturated rings. The zero-order chi connectivity index (χ0) is 11.4. The maximum atomic E-state index is 13.2. The van der Waals surface area contributed by atoms with Gasteiger partial charge in [-0.25, -0.2) is 14.4 Å². The molecule has 0 aliphatic carbocycles. The van der Waals surface area contributed by atoms with E-state index in [1.54, 1.807) is 23.3 Å². The summed E-state index contributed by atoms with van der Waals surface area (Å²) in [7, 11) is 1.81. The molecule has 2 aromatic rings. The molecule has 6 heteroatoms. The van der Waals surface area contributed by atoms with E-state index in [0.29, 0.717) is 13.0 Å². The van der Waals surface area contributed by atoms with E-state index in [4.69, 9.17) is 0 Å². The fraction of sp³-hybridized carbons (Fsp3) is 0.300. The van der Waals surface area contributed by atoms with E-state index in [0.717, 1.165) is 5.82 Å². The van der Waals surface area contributed by atoms with Crippen LogP contribution in [0.2, 0.25) is 0 Å². The van der Waals surface area contributed by atoms with Crippen LogP contribution in [0.1, 0.15) is 5.82 Å². The lowest BCUT2D eigenvalue weighted by Gasteiger charge is -2.03. The molecule has 1 N–H and O–H groups in total. The molecule has 0 spiro atoms. The van der Waals surface area contributed by atoms with E-state index in [-0.39, 0.29) is 11.6 Å². The number of halogens is 1. The van der Waals surface area contributed by atoms with Crippen molar-refractivity contribution in [2.24, 2.45) is 7.05 Å². The van der Waals surface area contributed by atoms with Gasteiger partial charge in [0.1, 0.15) is 6.33 Å².